The Labute approximate surface area is 187 Å². The monoisotopic (exact) mass is 424 g/mol. The summed E-state index contributed by atoms with van der Waals surface area (Å²) in [6, 6.07) is 18.7. The molecule has 1 aliphatic heterocycles. The smallest absolute Gasteiger partial charge is 0.243 e. The molecule has 160 valence electrons. The maximum atomic E-state index is 13.0. The molecule has 1 fully saturated rings. The predicted molar refractivity (Wildman–Crippen MR) is 122 cm³/mol. The summed E-state index contributed by atoms with van der Waals surface area (Å²) in [4.78, 5) is 24.8. The Balaban J connectivity index is 1.63. The molecule has 0 radical (unpaired) electrons. The number of carbonyl (C=O) groups excluding carboxylic acids is 1. The number of carbonyl (C=O) groups is 1. The first-order valence-electron chi connectivity index (χ1n) is 10.9. The molecule has 1 N–H and O–H groups in total. The number of aromatic nitrogens is 2. The van der Waals surface area contributed by atoms with Gasteiger partial charge in [0.1, 0.15) is 5.69 Å². The van der Waals surface area contributed by atoms with Gasteiger partial charge in [0.25, 0.3) is 0 Å². The highest BCUT2D eigenvalue weighted by atomic mass is 16.1. The fourth-order valence-electron chi connectivity index (χ4n) is 3.95. The minimum absolute atomic E-state index is 0.267. The molecular formula is C25H24N6O. The molecule has 2 aromatic carbocycles. The van der Waals surface area contributed by atoms with Crippen LogP contribution in [0.3, 0.4) is 0 Å². The lowest BCUT2D eigenvalue weighted by atomic mass is 10.0. The summed E-state index contributed by atoms with van der Waals surface area (Å²) in [6.45, 7) is 1.94. The van der Waals surface area contributed by atoms with Crippen molar-refractivity contribution in [1.29, 1.82) is 10.5 Å². The van der Waals surface area contributed by atoms with E-state index in [9.17, 15) is 10.1 Å². The number of amides is 1. The van der Waals surface area contributed by atoms with E-state index >= 15 is 0 Å². The number of hydrogen-bond donors (Lipinski definition) is 1. The first-order chi connectivity index (χ1) is 15.7. The van der Waals surface area contributed by atoms with Gasteiger partial charge in [-0.1, -0.05) is 37.1 Å². The van der Waals surface area contributed by atoms with Crippen molar-refractivity contribution < 1.29 is 4.79 Å². The fourth-order valence-corrected chi connectivity index (χ4v) is 3.95. The summed E-state index contributed by atoms with van der Waals surface area (Å²) < 4.78 is 0. The van der Waals surface area contributed by atoms with Gasteiger partial charge in [0, 0.05) is 19.6 Å². The average molecular weight is 425 g/mol. The minimum Gasteiger partial charge on any atom is -0.355 e. The van der Waals surface area contributed by atoms with Gasteiger partial charge < -0.3 is 10.2 Å². The van der Waals surface area contributed by atoms with Crippen LogP contribution >= 0.6 is 0 Å². The number of nitrogens with one attached hydrogen (secondary N) is 1. The standard InChI is InChI=1S/C25H24N6O/c26-15-18-9-11-19(12-10-18)17-28-25(32)20(16-27)23-24(31-13-5-1-2-6-14-31)30-22-8-4-3-7-21(22)29-23/h3-4,7-12,20H,1-2,5-6,13-14,17H2,(H,28,32). The Morgan fingerprint density at radius 2 is 1.62 bits per heavy atom. The van der Waals surface area contributed by atoms with E-state index < -0.39 is 11.8 Å². The number of benzene rings is 2. The summed E-state index contributed by atoms with van der Waals surface area (Å²) in [7, 11) is 0. The van der Waals surface area contributed by atoms with Crippen LogP contribution in [0.5, 0.6) is 0 Å². The van der Waals surface area contributed by atoms with Crippen molar-refractivity contribution in [3.8, 4) is 12.1 Å². The average Bonchev–Trinajstić information content (AvgIpc) is 3.12. The summed E-state index contributed by atoms with van der Waals surface area (Å²) in [5.74, 6) is -0.841. The lowest BCUT2D eigenvalue weighted by Crippen LogP contribution is -2.32. The predicted octanol–water partition coefficient (Wildman–Crippen LogP) is 3.81. The molecule has 2 heterocycles. The van der Waals surface area contributed by atoms with Crippen molar-refractivity contribution in [2.45, 2.75) is 38.1 Å². The molecule has 0 spiro atoms. The molecule has 0 aliphatic carbocycles. The van der Waals surface area contributed by atoms with E-state index in [0.29, 0.717) is 22.6 Å². The van der Waals surface area contributed by atoms with E-state index in [2.05, 4.69) is 22.4 Å². The molecular weight excluding hydrogens is 400 g/mol. The molecule has 0 bridgehead atoms. The Hall–Kier alpha value is -3.97. The maximum absolute atomic E-state index is 13.0. The van der Waals surface area contributed by atoms with Crippen LogP contribution < -0.4 is 10.2 Å². The molecule has 1 saturated heterocycles. The summed E-state index contributed by atoms with van der Waals surface area (Å²) in [5, 5.41) is 21.7. The lowest BCUT2D eigenvalue weighted by molar-refractivity contribution is -0.121. The maximum Gasteiger partial charge on any atom is 0.243 e. The SMILES string of the molecule is N#Cc1ccc(CNC(=O)C(C#N)c2nc3ccccc3nc2N2CCCCCC2)cc1. The van der Waals surface area contributed by atoms with Crippen LogP contribution in [0.1, 0.15) is 48.4 Å². The zero-order chi connectivity index (χ0) is 22.3. The topological polar surface area (TPSA) is 106 Å². The Kier molecular flexibility index (Phi) is 6.57. The van der Waals surface area contributed by atoms with Gasteiger partial charge in [-0.25, -0.2) is 9.97 Å². The van der Waals surface area contributed by atoms with Crippen molar-refractivity contribution in [1.82, 2.24) is 15.3 Å². The highest BCUT2D eigenvalue weighted by Gasteiger charge is 2.29. The second-order valence-corrected chi connectivity index (χ2v) is 7.91. The number of para-hydroxylation sites is 2. The number of nitriles is 2. The first kappa shape index (κ1) is 21.3. The quantitative estimate of drug-likeness (QED) is 0.668. The van der Waals surface area contributed by atoms with Crippen molar-refractivity contribution >= 4 is 22.8 Å². The number of rotatable bonds is 5. The second kappa shape index (κ2) is 9.89. The molecule has 1 atom stereocenters. The van der Waals surface area contributed by atoms with Crippen molar-refractivity contribution in [3.63, 3.8) is 0 Å². The zero-order valence-electron chi connectivity index (χ0n) is 17.8. The van der Waals surface area contributed by atoms with Crippen LogP contribution in [-0.4, -0.2) is 29.0 Å². The van der Waals surface area contributed by atoms with Crippen LogP contribution in [0, 0.1) is 22.7 Å². The third-order valence-corrected chi connectivity index (χ3v) is 5.70. The minimum atomic E-state index is -1.07. The van der Waals surface area contributed by atoms with Gasteiger partial charge in [0.05, 0.1) is 28.7 Å². The van der Waals surface area contributed by atoms with Gasteiger partial charge in [-0.2, -0.15) is 10.5 Å². The molecule has 3 aromatic rings. The van der Waals surface area contributed by atoms with Crippen molar-refractivity contribution in [2.75, 3.05) is 18.0 Å². The third-order valence-electron chi connectivity index (χ3n) is 5.70. The summed E-state index contributed by atoms with van der Waals surface area (Å²) >= 11 is 0. The third kappa shape index (κ3) is 4.68. The van der Waals surface area contributed by atoms with Gasteiger partial charge in [0.2, 0.25) is 5.91 Å². The highest BCUT2D eigenvalue weighted by Crippen LogP contribution is 2.29. The number of fused-ring (bicyclic) bond motifs is 1. The van der Waals surface area contributed by atoms with E-state index in [4.69, 9.17) is 15.2 Å². The van der Waals surface area contributed by atoms with Crippen molar-refractivity contribution in [3.05, 3.63) is 65.4 Å². The van der Waals surface area contributed by atoms with E-state index in [1.54, 1.807) is 24.3 Å². The lowest BCUT2D eigenvalue weighted by Gasteiger charge is -2.25. The molecule has 7 nitrogen and oxygen atoms in total. The van der Waals surface area contributed by atoms with Crippen LogP contribution in [0.4, 0.5) is 5.82 Å². The van der Waals surface area contributed by atoms with E-state index in [0.717, 1.165) is 37.0 Å². The second-order valence-electron chi connectivity index (χ2n) is 7.91. The molecule has 1 unspecified atom stereocenters. The van der Waals surface area contributed by atoms with E-state index in [1.807, 2.05) is 24.3 Å². The Bertz CT molecular complexity index is 1180. The molecule has 4 rings (SSSR count). The van der Waals surface area contributed by atoms with Crippen LogP contribution in [0.25, 0.3) is 11.0 Å². The Morgan fingerprint density at radius 1 is 0.969 bits per heavy atom. The van der Waals surface area contributed by atoms with E-state index in [1.165, 1.54) is 12.8 Å². The summed E-state index contributed by atoms with van der Waals surface area (Å²) in [6.07, 6.45) is 4.44. The highest BCUT2D eigenvalue weighted by molar-refractivity contribution is 5.88. The van der Waals surface area contributed by atoms with E-state index in [-0.39, 0.29) is 6.54 Å². The van der Waals surface area contributed by atoms with Gasteiger partial charge in [0.15, 0.2) is 11.7 Å². The van der Waals surface area contributed by atoms with Gasteiger partial charge in [-0.15, -0.1) is 0 Å². The molecule has 1 aliphatic rings. The molecule has 0 saturated carbocycles. The van der Waals surface area contributed by atoms with Crippen LogP contribution in [0.15, 0.2) is 48.5 Å². The van der Waals surface area contributed by atoms with Crippen LogP contribution in [0.2, 0.25) is 0 Å². The number of nitrogens with zero attached hydrogens (tertiary/aromatic N) is 5. The molecule has 1 amide bonds. The number of hydrogen-bond acceptors (Lipinski definition) is 6. The largest absolute Gasteiger partial charge is 0.355 e. The van der Waals surface area contributed by atoms with Gasteiger partial charge in [-0.05, 0) is 42.7 Å². The number of anilines is 1. The zero-order valence-corrected chi connectivity index (χ0v) is 17.8. The fraction of sp³-hybridized carbons (Fsp3) is 0.320. The Morgan fingerprint density at radius 3 is 2.25 bits per heavy atom. The molecule has 7 heteroatoms. The van der Waals surface area contributed by atoms with Gasteiger partial charge >= 0.3 is 0 Å². The molecule has 32 heavy (non-hydrogen) atoms. The molecule has 1 aromatic heterocycles. The van der Waals surface area contributed by atoms with Crippen LogP contribution in [-0.2, 0) is 11.3 Å². The van der Waals surface area contributed by atoms with Crippen molar-refractivity contribution in [2.24, 2.45) is 0 Å². The van der Waals surface area contributed by atoms with Gasteiger partial charge in [-0.3, -0.25) is 4.79 Å². The normalized spacial score (nSPS) is 14.8. The summed E-state index contributed by atoms with van der Waals surface area (Å²) in [5.41, 5.74) is 3.24. The first-order valence-corrected chi connectivity index (χ1v) is 10.9.